The zero-order valence-corrected chi connectivity index (χ0v) is 11.7. The maximum atomic E-state index is 2.71. The lowest BCUT2D eigenvalue weighted by Crippen LogP contribution is -1.82. The normalized spacial score (nSPS) is 11.6. The average Bonchev–Trinajstić information content (AvgIpc) is 2.38. The molecule has 0 saturated carbocycles. The molecule has 0 aliphatic heterocycles. The second-order valence-electron chi connectivity index (χ2n) is 4.13. The lowest BCUT2D eigenvalue weighted by Gasteiger charge is -1.97. The number of hydrogen-bond acceptors (Lipinski definition) is 0. The fourth-order valence-electron chi connectivity index (χ4n) is 1.71. The topological polar surface area (TPSA) is 0 Å². The van der Waals surface area contributed by atoms with E-state index in [-0.39, 0.29) is 0 Å². The first-order valence-corrected chi connectivity index (χ1v) is 7.29. The van der Waals surface area contributed by atoms with Gasteiger partial charge in [-0.3, -0.25) is 0 Å². The van der Waals surface area contributed by atoms with Crippen molar-refractivity contribution in [1.29, 1.82) is 0 Å². The van der Waals surface area contributed by atoms with Crippen LogP contribution in [0.1, 0.15) is 31.2 Å². The summed E-state index contributed by atoms with van der Waals surface area (Å²) < 4.78 is 0. The average molecular weight is 246 g/mol. The molecule has 0 radical (unpaired) electrons. The van der Waals surface area contributed by atoms with Gasteiger partial charge in [0.2, 0.25) is 0 Å². The number of benzene rings is 1. The van der Waals surface area contributed by atoms with Crippen LogP contribution in [0.5, 0.6) is 0 Å². The highest BCUT2D eigenvalue weighted by Crippen LogP contribution is 2.05. The maximum absolute atomic E-state index is 2.71. The van der Waals surface area contributed by atoms with E-state index in [9.17, 15) is 0 Å². The molecule has 0 N–H and O–H groups in total. The molecular weight excluding hydrogens is 223 g/mol. The van der Waals surface area contributed by atoms with Crippen LogP contribution in [0.25, 0.3) is 0 Å². The highest BCUT2D eigenvalue weighted by atomic mass is 31.0. The first-order chi connectivity index (χ1) is 8.43. The van der Waals surface area contributed by atoms with Crippen molar-refractivity contribution in [3.8, 4) is 0 Å². The summed E-state index contributed by atoms with van der Waals surface area (Å²) in [5.41, 5.74) is 1.45. The van der Waals surface area contributed by atoms with Crippen molar-refractivity contribution >= 4 is 9.24 Å². The van der Waals surface area contributed by atoms with Gasteiger partial charge in [-0.1, -0.05) is 54.6 Å². The van der Waals surface area contributed by atoms with Gasteiger partial charge in [0, 0.05) is 0 Å². The zero-order chi connectivity index (χ0) is 12.2. The van der Waals surface area contributed by atoms with Crippen molar-refractivity contribution < 1.29 is 0 Å². The number of rotatable bonds is 8. The van der Waals surface area contributed by atoms with Gasteiger partial charge in [0.05, 0.1) is 0 Å². The Balaban J connectivity index is 2.00. The Morgan fingerprint density at radius 2 is 1.47 bits per heavy atom. The number of aryl methyl sites for hydroxylation is 1. The van der Waals surface area contributed by atoms with E-state index in [1.165, 1.54) is 37.7 Å². The third-order valence-electron chi connectivity index (χ3n) is 2.65. The van der Waals surface area contributed by atoms with E-state index in [2.05, 4.69) is 63.9 Å². The van der Waals surface area contributed by atoms with Gasteiger partial charge in [-0.25, -0.2) is 0 Å². The molecule has 1 rings (SSSR count). The van der Waals surface area contributed by atoms with Crippen LogP contribution < -0.4 is 0 Å². The number of allylic oxidation sites excluding steroid dienone is 4. The summed E-state index contributed by atoms with van der Waals surface area (Å²) in [5, 5.41) is 0. The minimum absolute atomic E-state index is 1.07. The summed E-state index contributed by atoms with van der Waals surface area (Å²) >= 11 is 0. The number of hydrogen-bond donors (Lipinski definition) is 0. The van der Waals surface area contributed by atoms with Crippen molar-refractivity contribution in [2.75, 3.05) is 6.16 Å². The number of unbranched alkanes of at least 4 members (excludes halogenated alkanes) is 2. The van der Waals surface area contributed by atoms with E-state index >= 15 is 0 Å². The minimum atomic E-state index is 1.07. The molecule has 0 heterocycles. The summed E-state index contributed by atoms with van der Waals surface area (Å²) in [6.07, 6.45) is 16.1. The molecule has 0 aromatic heterocycles. The van der Waals surface area contributed by atoms with Crippen molar-refractivity contribution in [3.63, 3.8) is 0 Å². The molecule has 1 unspecified atom stereocenters. The molecule has 0 aliphatic carbocycles. The van der Waals surface area contributed by atoms with Gasteiger partial charge in [-0.2, -0.15) is 0 Å². The standard InChI is InChI=1S/C16H23P/c17-15-11-6-4-2-1-3-5-8-12-16-13-9-7-10-14-16/h1,3,6-7,9-11,13-14H,2,4-5,8,12,15,17H2. The predicted molar refractivity (Wildman–Crippen MR) is 81.5 cm³/mol. The third-order valence-corrected chi connectivity index (χ3v) is 2.92. The largest absolute Gasteiger partial charge is 0.134 e. The molecule has 92 valence electrons. The molecule has 1 aromatic rings. The molecule has 17 heavy (non-hydrogen) atoms. The molecule has 0 saturated heterocycles. The molecule has 1 heteroatoms. The van der Waals surface area contributed by atoms with E-state index in [1.807, 2.05) is 0 Å². The van der Waals surface area contributed by atoms with E-state index in [0.29, 0.717) is 0 Å². The summed E-state index contributed by atoms with van der Waals surface area (Å²) in [6, 6.07) is 10.7. The Morgan fingerprint density at radius 3 is 2.18 bits per heavy atom. The van der Waals surface area contributed by atoms with Gasteiger partial charge < -0.3 is 0 Å². The monoisotopic (exact) mass is 246 g/mol. The molecule has 1 atom stereocenters. The van der Waals surface area contributed by atoms with Crippen molar-refractivity contribution in [2.45, 2.75) is 32.1 Å². The van der Waals surface area contributed by atoms with Gasteiger partial charge in [0.25, 0.3) is 0 Å². The maximum Gasteiger partial charge on any atom is -0.0200 e. The van der Waals surface area contributed by atoms with Crippen molar-refractivity contribution in [1.82, 2.24) is 0 Å². The first-order valence-electron chi connectivity index (χ1n) is 6.47. The van der Waals surface area contributed by atoms with Crippen LogP contribution >= 0.6 is 9.24 Å². The second kappa shape index (κ2) is 10.3. The molecule has 1 aromatic carbocycles. The molecule has 0 bridgehead atoms. The van der Waals surface area contributed by atoms with Crippen LogP contribution in [0.15, 0.2) is 54.6 Å². The van der Waals surface area contributed by atoms with E-state index in [0.717, 1.165) is 6.16 Å². The smallest absolute Gasteiger partial charge is 0.0200 e. The fourth-order valence-corrected chi connectivity index (χ4v) is 1.90. The molecule has 0 spiro atoms. The van der Waals surface area contributed by atoms with Crippen LogP contribution in [0.2, 0.25) is 0 Å². The highest BCUT2D eigenvalue weighted by molar-refractivity contribution is 7.16. The molecule has 0 amide bonds. The summed E-state index contributed by atoms with van der Waals surface area (Å²) in [7, 11) is 2.71. The quantitative estimate of drug-likeness (QED) is 0.352. The van der Waals surface area contributed by atoms with E-state index in [1.54, 1.807) is 0 Å². The summed E-state index contributed by atoms with van der Waals surface area (Å²) in [5.74, 6) is 0. The Hall–Kier alpha value is -0.870. The van der Waals surface area contributed by atoms with Gasteiger partial charge in [-0.05, 0) is 43.8 Å². The summed E-state index contributed by atoms with van der Waals surface area (Å²) in [4.78, 5) is 0. The van der Waals surface area contributed by atoms with Crippen molar-refractivity contribution in [2.24, 2.45) is 0 Å². The molecule has 0 nitrogen and oxygen atoms in total. The fraction of sp³-hybridized carbons (Fsp3) is 0.375. The lowest BCUT2D eigenvalue weighted by atomic mass is 10.1. The lowest BCUT2D eigenvalue weighted by molar-refractivity contribution is 0.838. The minimum Gasteiger partial charge on any atom is -0.134 e. The predicted octanol–water partition coefficient (Wildman–Crippen LogP) is 4.78. The SMILES string of the molecule is PCC=CCCC=CCCCc1ccccc1. The molecule has 0 aliphatic rings. The van der Waals surface area contributed by atoms with Crippen LogP contribution in [0.4, 0.5) is 0 Å². The second-order valence-corrected chi connectivity index (χ2v) is 4.61. The Labute approximate surface area is 108 Å². The van der Waals surface area contributed by atoms with Gasteiger partial charge in [0.15, 0.2) is 0 Å². The van der Waals surface area contributed by atoms with Crippen LogP contribution in [0, 0.1) is 0 Å². The highest BCUT2D eigenvalue weighted by Gasteiger charge is 1.89. The van der Waals surface area contributed by atoms with Crippen LogP contribution in [-0.4, -0.2) is 6.16 Å². The van der Waals surface area contributed by atoms with Gasteiger partial charge in [0.1, 0.15) is 0 Å². The van der Waals surface area contributed by atoms with E-state index in [4.69, 9.17) is 0 Å². The van der Waals surface area contributed by atoms with Crippen LogP contribution in [0.3, 0.4) is 0 Å². The van der Waals surface area contributed by atoms with Gasteiger partial charge >= 0.3 is 0 Å². The van der Waals surface area contributed by atoms with Gasteiger partial charge in [-0.15, -0.1) is 9.24 Å². The summed E-state index contributed by atoms with van der Waals surface area (Å²) in [6.45, 7) is 0. The third kappa shape index (κ3) is 7.94. The Bertz CT molecular complexity index is 325. The zero-order valence-electron chi connectivity index (χ0n) is 10.5. The Kier molecular flexibility index (Phi) is 8.59. The molecule has 0 fully saturated rings. The first kappa shape index (κ1) is 14.2. The Morgan fingerprint density at radius 1 is 0.824 bits per heavy atom. The van der Waals surface area contributed by atoms with Crippen molar-refractivity contribution in [3.05, 3.63) is 60.2 Å². The van der Waals surface area contributed by atoms with Crippen LogP contribution in [-0.2, 0) is 6.42 Å². The molecular formula is C16H23P. The van der Waals surface area contributed by atoms with E-state index < -0.39 is 0 Å².